The van der Waals surface area contributed by atoms with Gasteiger partial charge in [0.2, 0.25) is 15.9 Å². The summed E-state index contributed by atoms with van der Waals surface area (Å²) >= 11 is 0. The number of ether oxygens (including phenoxy) is 1. The lowest BCUT2D eigenvalue weighted by atomic mass is 10.0. The number of carbonyl (C=O) groups is 2. The highest BCUT2D eigenvalue weighted by molar-refractivity contribution is 7.89. The Bertz CT molecular complexity index is 896. The molecule has 2 rings (SSSR count). The van der Waals surface area contributed by atoms with Crippen LogP contribution in [0.25, 0.3) is 0 Å². The van der Waals surface area contributed by atoms with Crippen LogP contribution in [-0.2, 0) is 19.6 Å². The second-order valence-electron chi connectivity index (χ2n) is 8.55. The molecule has 1 aromatic carbocycles. The van der Waals surface area contributed by atoms with E-state index in [0.717, 1.165) is 13.1 Å². The van der Waals surface area contributed by atoms with Crippen LogP contribution in [0.3, 0.4) is 0 Å². The fourth-order valence-corrected chi connectivity index (χ4v) is 5.28. The van der Waals surface area contributed by atoms with Crippen LogP contribution >= 0.6 is 0 Å². The van der Waals surface area contributed by atoms with Crippen LogP contribution in [0, 0.1) is 5.92 Å². The number of carbonyl (C=O) groups excluding carboxylic acids is 2. The van der Waals surface area contributed by atoms with Gasteiger partial charge in [-0.2, -0.15) is 4.31 Å². The second kappa shape index (κ2) is 12.5. The molecule has 0 radical (unpaired) electrons. The summed E-state index contributed by atoms with van der Waals surface area (Å²) in [4.78, 5) is 28.1. The number of morpholine rings is 1. The summed E-state index contributed by atoms with van der Waals surface area (Å²) < 4.78 is 32.3. The van der Waals surface area contributed by atoms with Crippen LogP contribution in [0.4, 0.5) is 0 Å². The number of amides is 2. The lowest BCUT2D eigenvalue weighted by Crippen LogP contribution is -2.53. The van der Waals surface area contributed by atoms with Crippen LogP contribution in [0.1, 0.15) is 45.0 Å². The van der Waals surface area contributed by atoms with Crippen LogP contribution in [-0.4, -0.2) is 87.5 Å². The molecule has 10 heteroatoms. The normalized spacial score (nSPS) is 17.1. The zero-order valence-electron chi connectivity index (χ0n) is 20.3. The Morgan fingerprint density at radius 1 is 1.12 bits per heavy atom. The molecule has 1 aliphatic heterocycles. The van der Waals surface area contributed by atoms with Gasteiger partial charge in [0.05, 0.1) is 18.1 Å². The molecule has 1 heterocycles. The number of hydrogen-bond acceptors (Lipinski definition) is 6. The largest absolute Gasteiger partial charge is 0.379 e. The van der Waals surface area contributed by atoms with Gasteiger partial charge in [0, 0.05) is 44.3 Å². The van der Waals surface area contributed by atoms with Gasteiger partial charge in [-0.15, -0.1) is 0 Å². The molecule has 0 saturated carbocycles. The molecule has 0 bridgehead atoms. The van der Waals surface area contributed by atoms with E-state index in [1.54, 1.807) is 26.0 Å². The number of benzene rings is 1. The van der Waals surface area contributed by atoms with E-state index in [0.29, 0.717) is 32.8 Å². The zero-order valence-corrected chi connectivity index (χ0v) is 21.2. The molecule has 2 atom stereocenters. The molecule has 0 aromatic heterocycles. The van der Waals surface area contributed by atoms with Crippen LogP contribution in [0.5, 0.6) is 0 Å². The van der Waals surface area contributed by atoms with Gasteiger partial charge in [-0.3, -0.25) is 14.5 Å². The number of rotatable bonds is 11. The molecule has 33 heavy (non-hydrogen) atoms. The van der Waals surface area contributed by atoms with E-state index in [1.165, 1.54) is 16.4 Å². The highest BCUT2D eigenvalue weighted by Crippen LogP contribution is 2.17. The van der Waals surface area contributed by atoms with Crippen molar-refractivity contribution < 1.29 is 22.7 Å². The smallest absolute Gasteiger partial charge is 0.251 e. The molecule has 1 fully saturated rings. The molecule has 1 aromatic rings. The van der Waals surface area contributed by atoms with Gasteiger partial charge in [0.1, 0.15) is 6.04 Å². The van der Waals surface area contributed by atoms with E-state index in [-0.39, 0.29) is 28.3 Å². The van der Waals surface area contributed by atoms with Crippen molar-refractivity contribution >= 4 is 21.8 Å². The lowest BCUT2D eigenvalue weighted by Gasteiger charge is -2.32. The van der Waals surface area contributed by atoms with Crippen LogP contribution in [0.2, 0.25) is 0 Å². The average molecular weight is 483 g/mol. The van der Waals surface area contributed by atoms with Gasteiger partial charge in [-0.05, 0) is 31.0 Å². The van der Waals surface area contributed by atoms with E-state index in [9.17, 15) is 18.0 Å². The molecule has 9 nitrogen and oxygen atoms in total. The van der Waals surface area contributed by atoms with E-state index in [1.807, 2.05) is 13.8 Å². The monoisotopic (exact) mass is 482 g/mol. The Balaban J connectivity index is 2.07. The fourth-order valence-electron chi connectivity index (χ4n) is 3.78. The summed E-state index contributed by atoms with van der Waals surface area (Å²) in [6, 6.07) is 5.34. The molecule has 1 aliphatic rings. The maximum atomic E-state index is 12.9. The third kappa shape index (κ3) is 7.23. The summed E-state index contributed by atoms with van der Waals surface area (Å²) in [6.45, 7) is 13.5. The minimum atomic E-state index is -3.69. The van der Waals surface area contributed by atoms with Gasteiger partial charge in [0.25, 0.3) is 5.91 Å². The Kier molecular flexibility index (Phi) is 10.3. The summed E-state index contributed by atoms with van der Waals surface area (Å²) in [5, 5.41) is 5.72. The highest BCUT2D eigenvalue weighted by Gasteiger charge is 2.27. The predicted octanol–water partition coefficient (Wildman–Crippen LogP) is 1.31. The fraction of sp³-hybridized carbons (Fsp3) is 0.652. The van der Waals surface area contributed by atoms with Crippen LogP contribution < -0.4 is 10.6 Å². The average Bonchev–Trinajstić information content (AvgIpc) is 2.81. The molecule has 2 unspecified atom stereocenters. The maximum absolute atomic E-state index is 12.9. The van der Waals surface area contributed by atoms with Gasteiger partial charge in [-0.25, -0.2) is 8.42 Å². The minimum Gasteiger partial charge on any atom is -0.379 e. The number of hydrogen-bond donors (Lipinski definition) is 2. The first-order valence-corrected chi connectivity index (χ1v) is 13.1. The Labute approximate surface area is 197 Å². The third-order valence-electron chi connectivity index (χ3n) is 5.92. The Morgan fingerprint density at radius 2 is 1.76 bits per heavy atom. The summed E-state index contributed by atoms with van der Waals surface area (Å²) in [6.07, 6.45) is 0. The summed E-state index contributed by atoms with van der Waals surface area (Å²) in [5.41, 5.74) is 0.198. The molecular weight excluding hydrogens is 444 g/mol. The predicted molar refractivity (Wildman–Crippen MR) is 128 cm³/mol. The van der Waals surface area contributed by atoms with Crippen molar-refractivity contribution in [1.82, 2.24) is 19.8 Å². The quantitative estimate of drug-likeness (QED) is 0.492. The second-order valence-corrected chi connectivity index (χ2v) is 10.5. The molecule has 0 spiro atoms. The van der Waals surface area contributed by atoms with Crippen molar-refractivity contribution in [2.24, 2.45) is 5.92 Å². The number of sulfonamides is 1. The van der Waals surface area contributed by atoms with Gasteiger partial charge >= 0.3 is 0 Å². The van der Waals surface area contributed by atoms with Crippen molar-refractivity contribution in [3.05, 3.63) is 29.8 Å². The topological polar surface area (TPSA) is 108 Å². The van der Waals surface area contributed by atoms with Crippen molar-refractivity contribution in [3.63, 3.8) is 0 Å². The molecule has 2 amide bonds. The molecule has 0 aliphatic carbocycles. The van der Waals surface area contributed by atoms with E-state index in [2.05, 4.69) is 22.5 Å². The summed E-state index contributed by atoms with van der Waals surface area (Å²) in [5.74, 6) is -0.887. The third-order valence-corrected chi connectivity index (χ3v) is 7.96. The SMILES string of the molecule is CCN(CC)S(=O)(=O)c1cccc(C(=O)NC(C(=O)NCC(C)N2CCOCC2)C(C)C)c1. The maximum Gasteiger partial charge on any atom is 0.251 e. The molecule has 186 valence electrons. The summed E-state index contributed by atoms with van der Waals surface area (Å²) in [7, 11) is -3.69. The van der Waals surface area contributed by atoms with Crippen molar-refractivity contribution in [1.29, 1.82) is 0 Å². The van der Waals surface area contributed by atoms with E-state index in [4.69, 9.17) is 4.74 Å². The Hall–Kier alpha value is -2.01. The molecule has 1 saturated heterocycles. The molecular formula is C23H38N4O5S. The molecule has 2 N–H and O–H groups in total. The first-order valence-electron chi connectivity index (χ1n) is 11.6. The first kappa shape index (κ1) is 27.2. The Morgan fingerprint density at radius 3 is 2.33 bits per heavy atom. The van der Waals surface area contributed by atoms with Crippen molar-refractivity contribution in [3.8, 4) is 0 Å². The first-order chi connectivity index (χ1) is 15.6. The van der Waals surface area contributed by atoms with Gasteiger partial charge in [-0.1, -0.05) is 33.8 Å². The van der Waals surface area contributed by atoms with Gasteiger partial charge in [0.15, 0.2) is 0 Å². The van der Waals surface area contributed by atoms with Crippen molar-refractivity contribution in [2.45, 2.75) is 51.6 Å². The minimum absolute atomic E-state index is 0.0590. The number of nitrogens with one attached hydrogen (secondary N) is 2. The van der Waals surface area contributed by atoms with E-state index < -0.39 is 22.0 Å². The zero-order chi connectivity index (χ0) is 24.6. The lowest BCUT2D eigenvalue weighted by molar-refractivity contribution is -0.124. The van der Waals surface area contributed by atoms with Crippen molar-refractivity contribution in [2.75, 3.05) is 45.9 Å². The highest BCUT2D eigenvalue weighted by atomic mass is 32.2. The van der Waals surface area contributed by atoms with E-state index >= 15 is 0 Å². The standard InChI is InChI=1S/C23H38N4O5S/c1-6-27(7-2)33(30,31)20-10-8-9-19(15-20)22(28)25-21(17(3)4)23(29)24-16-18(5)26-11-13-32-14-12-26/h8-10,15,17-18,21H,6-7,11-14,16H2,1-5H3,(H,24,29)(H,25,28). The van der Waals surface area contributed by atoms with Crippen LogP contribution in [0.15, 0.2) is 29.2 Å². The number of nitrogens with zero attached hydrogens (tertiary/aromatic N) is 2. The van der Waals surface area contributed by atoms with Gasteiger partial charge < -0.3 is 15.4 Å².